The molecule has 1 aromatic rings. The number of nitrogens with zero attached hydrogens (tertiary/aromatic N) is 2. The molecule has 0 aromatic carbocycles. The molecule has 1 fully saturated rings. The highest BCUT2D eigenvalue weighted by atomic mass is 32.1. The van der Waals surface area contributed by atoms with Gasteiger partial charge in [0.1, 0.15) is 0 Å². The molecule has 5 heteroatoms. The van der Waals surface area contributed by atoms with Gasteiger partial charge in [0.25, 0.3) is 5.91 Å². The summed E-state index contributed by atoms with van der Waals surface area (Å²) in [6.45, 7) is 2.59. The number of hydrogen-bond donors (Lipinski definition) is 1. The summed E-state index contributed by atoms with van der Waals surface area (Å²) in [5.41, 5.74) is 7.15. The van der Waals surface area contributed by atoms with Crippen LogP contribution in [0.5, 0.6) is 0 Å². The predicted molar refractivity (Wildman–Crippen MR) is 69.8 cm³/mol. The van der Waals surface area contributed by atoms with Gasteiger partial charge < -0.3 is 10.6 Å². The first-order chi connectivity index (χ1) is 8.09. The van der Waals surface area contributed by atoms with E-state index in [0.29, 0.717) is 10.6 Å². The van der Waals surface area contributed by atoms with Gasteiger partial charge in [-0.05, 0) is 31.9 Å². The van der Waals surface area contributed by atoms with Crippen molar-refractivity contribution in [2.75, 3.05) is 6.54 Å². The van der Waals surface area contributed by atoms with Crippen LogP contribution in [-0.2, 0) is 0 Å². The molecule has 0 saturated carbocycles. The van der Waals surface area contributed by atoms with Gasteiger partial charge in [0.2, 0.25) is 0 Å². The minimum atomic E-state index is -0.0917. The second-order valence-electron chi connectivity index (χ2n) is 4.24. The van der Waals surface area contributed by atoms with E-state index in [1.165, 1.54) is 0 Å². The Balaban J connectivity index is 2.23. The van der Waals surface area contributed by atoms with Crippen LogP contribution in [-0.4, -0.2) is 33.4 Å². The fourth-order valence-corrected chi connectivity index (χ4v) is 2.40. The summed E-state index contributed by atoms with van der Waals surface area (Å²) in [5.74, 6) is -0.00852. The maximum atomic E-state index is 12.3. The van der Waals surface area contributed by atoms with Crippen LogP contribution < -0.4 is 5.73 Å². The zero-order chi connectivity index (χ0) is 12.4. The normalized spacial score (nSPS) is 19.4. The fraction of sp³-hybridized carbons (Fsp3) is 0.417. The number of thiocarbonyl (C=S) groups is 1. The first kappa shape index (κ1) is 12.0. The Hall–Kier alpha value is -1.49. The van der Waals surface area contributed by atoms with E-state index >= 15 is 0 Å². The number of aryl methyl sites for hydroxylation is 1. The van der Waals surface area contributed by atoms with Crippen LogP contribution in [0, 0.1) is 6.92 Å². The van der Waals surface area contributed by atoms with Crippen molar-refractivity contribution >= 4 is 23.1 Å². The van der Waals surface area contributed by atoms with Crippen molar-refractivity contribution in [1.82, 2.24) is 9.88 Å². The van der Waals surface area contributed by atoms with E-state index in [1.807, 2.05) is 6.92 Å². The van der Waals surface area contributed by atoms with Crippen molar-refractivity contribution in [3.63, 3.8) is 0 Å². The molecule has 1 unspecified atom stereocenters. The molecule has 1 saturated heterocycles. The number of nitrogens with two attached hydrogens (primary N) is 1. The second-order valence-corrected chi connectivity index (χ2v) is 4.72. The number of carbonyl (C=O) groups excluding carboxylic acids is 1. The third-order valence-corrected chi connectivity index (χ3v) is 3.26. The van der Waals surface area contributed by atoms with E-state index in [-0.39, 0.29) is 11.9 Å². The zero-order valence-corrected chi connectivity index (χ0v) is 10.5. The van der Waals surface area contributed by atoms with Gasteiger partial charge in [-0.1, -0.05) is 12.2 Å². The van der Waals surface area contributed by atoms with Gasteiger partial charge in [0.05, 0.1) is 11.0 Å². The molecule has 0 bridgehead atoms. The lowest BCUT2D eigenvalue weighted by Crippen LogP contribution is -2.42. The van der Waals surface area contributed by atoms with E-state index in [0.717, 1.165) is 25.1 Å². The van der Waals surface area contributed by atoms with Crippen molar-refractivity contribution in [2.45, 2.75) is 25.8 Å². The summed E-state index contributed by atoms with van der Waals surface area (Å²) >= 11 is 5.00. The number of likely N-dealkylation sites (tertiary alicyclic amines) is 1. The Morgan fingerprint density at radius 2 is 2.41 bits per heavy atom. The smallest absolute Gasteiger partial charge is 0.254 e. The molecule has 17 heavy (non-hydrogen) atoms. The third kappa shape index (κ3) is 2.44. The molecule has 1 aromatic heterocycles. The lowest BCUT2D eigenvalue weighted by molar-refractivity contribution is 0.0770. The van der Waals surface area contributed by atoms with Gasteiger partial charge in [-0.25, -0.2) is 0 Å². The van der Waals surface area contributed by atoms with Crippen LogP contribution in [0.3, 0.4) is 0 Å². The SMILES string of the molecule is Cc1cc(C(=O)N2CCCC2C(N)=S)ccn1. The number of amides is 1. The van der Waals surface area contributed by atoms with E-state index in [1.54, 1.807) is 23.2 Å². The second kappa shape index (κ2) is 4.79. The first-order valence-corrected chi connectivity index (χ1v) is 6.03. The minimum Gasteiger partial charge on any atom is -0.392 e. The fourth-order valence-electron chi connectivity index (χ4n) is 2.15. The van der Waals surface area contributed by atoms with Gasteiger partial charge in [-0.15, -0.1) is 0 Å². The number of hydrogen-bond acceptors (Lipinski definition) is 3. The number of aromatic nitrogens is 1. The van der Waals surface area contributed by atoms with Gasteiger partial charge >= 0.3 is 0 Å². The topological polar surface area (TPSA) is 59.2 Å². The molecule has 1 atom stereocenters. The summed E-state index contributed by atoms with van der Waals surface area (Å²) in [6, 6.07) is 3.42. The van der Waals surface area contributed by atoms with Crippen LogP contribution in [0.1, 0.15) is 28.9 Å². The molecule has 0 radical (unpaired) electrons. The molecular formula is C12H15N3OS. The van der Waals surface area contributed by atoms with Crippen LogP contribution >= 0.6 is 12.2 Å². The summed E-state index contributed by atoms with van der Waals surface area (Å²) in [6.07, 6.45) is 3.47. The van der Waals surface area contributed by atoms with Crippen LogP contribution in [0.25, 0.3) is 0 Å². The maximum absolute atomic E-state index is 12.3. The van der Waals surface area contributed by atoms with Crippen LogP contribution in [0.2, 0.25) is 0 Å². The molecule has 2 heterocycles. The first-order valence-electron chi connectivity index (χ1n) is 5.62. The van der Waals surface area contributed by atoms with E-state index in [4.69, 9.17) is 18.0 Å². The molecule has 2 rings (SSSR count). The Labute approximate surface area is 106 Å². The molecule has 90 valence electrons. The van der Waals surface area contributed by atoms with Crippen LogP contribution in [0.4, 0.5) is 0 Å². The Kier molecular flexibility index (Phi) is 3.38. The van der Waals surface area contributed by atoms with Crippen molar-refractivity contribution in [3.05, 3.63) is 29.6 Å². The monoisotopic (exact) mass is 249 g/mol. The van der Waals surface area contributed by atoms with Crippen molar-refractivity contribution < 1.29 is 4.79 Å². The quantitative estimate of drug-likeness (QED) is 0.802. The average molecular weight is 249 g/mol. The summed E-state index contributed by atoms with van der Waals surface area (Å²) < 4.78 is 0. The Bertz CT molecular complexity index is 461. The maximum Gasteiger partial charge on any atom is 0.254 e. The lowest BCUT2D eigenvalue weighted by Gasteiger charge is -2.23. The summed E-state index contributed by atoms with van der Waals surface area (Å²) in [4.78, 5) is 18.5. The van der Waals surface area contributed by atoms with E-state index in [2.05, 4.69) is 4.98 Å². The Morgan fingerprint density at radius 1 is 1.65 bits per heavy atom. The van der Waals surface area contributed by atoms with Crippen LogP contribution in [0.15, 0.2) is 18.3 Å². The summed E-state index contributed by atoms with van der Waals surface area (Å²) in [7, 11) is 0. The standard InChI is InChI=1S/C12H15N3OS/c1-8-7-9(4-5-14-8)12(16)15-6-2-3-10(15)11(13)17/h4-5,7,10H,2-3,6H2,1H3,(H2,13,17). The molecule has 0 spiro atoms. The average Bonchev–Trinajstić information content (AvgIpc) is 2.77. The zero-order valence-electron chi connectivity index (χ0n) is 9.72. The van der Waals surface area contributed by atoms with Crippen molar-refractivity contribution in [2.24, 2.45) is 5.73 Å². The van der Waals surface area contributed by atoms with Gasteiger partial charge in [-0.3, -0.25) is 9.78 Å². The molecule has 1 amide bonds. The van der Waals surface area contributed by atoms with Gasteiger partial charge in [0.15, 0.2) is 0 Å². The largest absolute Gasteiger partial charge is 0.392 e. The molecule has 0 aliphatic carbocycles. The third-order valence-electron chi connectivity index (χ3n) is 2.99. The number of carbonyl (C=O) groups is 1. The van der Waals surface area contributed by atoms with Gasteiger partial charge in [0, 0.05) is 24.0 Å². The molecule has 4 nitrogen and oxygen atoms in total. The highest BCUT2D eigenvalue weighted by Crippen LogP contribution is 2.20. The molecule has 1 aliphatic rings. The molecule has 2 N–H and O–H groups in total. The van der Waals surface area contributed by atoms with E-state index in [9.17, 15) is 4.79 Å². The minimum absolute atomic E-state index is 0.00852. The number of rotatable bonds is 2. The lowest BCUT2D eigenvalue weighted by atomic mass is 10.2. The highest BCUT2D eigenvalue weighted by Gasteiger charge is 2.31. The molecule has 1 aliphatic heterocycles. The molecular weight excluding hydrogens is 234 g/mol. The summed E-state index contributed by atoms with van der Waals surface area (Å²) in [5, 5.41) is 0. The van der Waals surface area contributed by atoms with Crippen molar-refractivity contribution in [3.8, 4) is 0 Å². The predicted octanol–water partition coefficient (Wildman–Crippen LogP) is 1.28. The van der Waals surface area contributed by atoms with E-state index < -0.39 is 0 Å². The Morgan fingerprint density at radius 3 is 3.06 bits per heavy atom. The van der Waals surface area contributed by atoms with Crippen molar-refractivity contribution in [1.29, 1.82) is 0 Å². The van der Waals surface area contributed by atoms with Gasteiger partial charge in [-0.2, -0.15) is 0 Å². The number of pyridine rings is 1. The highest BCUT2D eigenvalue weighted by molar-refractivity contribution is 7.80.